The molecule has 30 heavy (non-hydrogen) atoms. The molecule has 2 aromatic rings. The summed E-state index contributed by atoms with van der Waals surface area (Å²) in [6.45, 7) is 3.47. The molecule has 2 aromatic carbocycles. The van der Waals surface area contributed by atoms with Crippen molar-refractivity contribution in [3.63, 3.8) is 0 Å². The van der Waals surface area contributed by atoms with Crippen LogP contribution < -0.4 is 10.7 Å². The number of hydrazone groups is 1. The van der Waals surface area contributed by atoms with E-state index in [9.17, 15) is 29.8 Å². The van der Waals surface area contributed by atoms with Gasteiger partial charge in [0.15, 0.2) is 0 Å². The lowest BCUT2D eigenvalue weighted by atomic mass is 10.1. The number of nitrogens with one attached hydrogen (secondary N) is 2. The molecule has 0 saturated heterocycles. The predicted octanol–water partition coefficient (Wildman–Crippen LogP) is 2.87. The second kappa shape index (κ2) is 9.87. The molecule has 0 aliphatic heterocycles. The lowest BCUT2D eigenvalue weighted by molar-refractivity contribution is -0.394. The van der Waals surface area contributed by atoms with Gasteiger partial charge in [-0.2, -0.15) is 5.10 Å². The number of nitro groups is 2. The first-order chi connectivity index (χ1) is 14.2. The third kappa shape index (κ3) is 6.48. The Morgan fingerprint density at radius 2 is 1.67 bits per heavy atom. The highest BCUT2D eigenvalue weighted by molar-refractivity contribution is 6.05. The van der Waals surface area contributed by atoms with Gasteiger partial charge in [-0.3, -0.25) is 29.8 Å². The van der Waals surface area contributed by atoms with E-state index in [2.05, 4.69) is 15.8 Å². The molecular formula is C19H19N5O6. The standard InChI is InChI=1S/C19H19N5O6/c1-12-3-6-15(7-4-12)20-18(25)9-13(2)21-22-19(26)10-14-5-8-16(23(27)28)11-17(14)24(29)30/h3-8,11H,9-10H2,1-2H3,(H,20,25)(H,22,26). The molecule has 0 fully saturated rings. The van der Waals surface area contributed by atoms with E-state index in [0.717, 1.165) is 23.8 Å². The van der Waals surface area contributed by atoms with Crippen LogP contribution in [0.4, 0.5) is 17.1 Å². The topological polar surface area (TPSA) is 157 Å². The first-order valence-corrected chi connectivity index (χ1v) is 8.76. The maximum absolute atomic E-state index is 12.0. The summed E-state index contributed by atoms with van der Waals surface area (Å²) in [5.41, 5.74) is 3.27. The summed E-state index contributed by atoms with van der Waals surface area (Å²) in [7, 11) is 0. The molecule has 0 aliphatic carbocycles. The SMILES string of the molecule is CC(CC(=O)Nc1ccc(C)cc1)=NNC(=O)Cc1ccc([N+](=O)[O-])cc1[N+](=O)[O-]. The van der Waals surface area contributed by atoms with Crippen molar-refractivity contribution in [2.45, 2.75) is 26.7 Å². The van der Waals surface area contributed by atoms with E-state index in [1.54, 1.807) is 19.1 Å². The fourth-order valence-corrected chi connectivity index (χ4v) is 2.47. The fraction of sp³-hybridized carbons (Fsp3) is 0.211. The van der Waals surface area contributed by atoms with Crippen molar-refractivity contribution >= 4 is 34.6 Å². The molecule has 0 atom stereocenters. The van der Waals surface area contributed by atoms with Gasteiger partial charge in [0, 0.05) is 23.0 Å². The molecule has 11 heteroatoms. The summed E-state index contributed by atoms with van der Waals surface area (Å²) >= 11 is 0. The molecule has 2 amide bonds. The zero-order chi connectivity index (χ0) is 22.3. The van der Waals surface area contributed by atoms with Gasteiger partial charge in [-0.05, 0) is 32.0 Å². The van der Waals surface area contributed by atoms with Crippen LogP contribution in [0.5, 0.6) is 0 Å². The largest absolute Gasteiger partial charge is 0.326 e. The molecule has 0 heterocycles. The van der Waals surface area contributed by atoms with Crippen molar-refractivity contribution in [1.29, 1.82) is 0 Å². The van der Waals surface area contributed by atoms with Crippen molar-refractivity contribution in [1.82, 2.24) is 5.43 Å². The van der Waals surface area contributed by atoms with Crippen LogP contribution in [0.25, 0.3) is 0 Å². The van der Waals surface area contributed by atoms with Gasteiger partial charge >= 0.3 is 0 Å². The van der Waals surface area contributed by atoms with Gasteiger partial charge in [0.05, 0.1) is 28.8 Å². The van der Waals surface area contributed by atoms with Gasteiger partial charge in [-0.1, -0.05) is 17.7 Å². The maximum atomic E-state index is 12.0. The molecule has 0 spiro atoms. The average Bonchev–Trinajstić information content (AvgIpc) is 2.68. The summed E-state index contributed by atoms with van der Waals surface area (Å²) in [4.78, 5) is 44.4. The van der Waals surface area contributed by atoms with Crippen LogP contribution in [-0.2, 0) is 16.0 Å². The number of rotatable bonds is 8. The zero-order valence-electron chi connectivity index (χ0n) is 16.2. The predicted molar refractivity (Wildman–Crippen MR) is 109 cm³/mol. The number of anilines is 1. The van der Waals surface area contributed by atoms with E-state index >= 15 is 0 Å². The Kier molecular flexibility index (Phi) is 7.28. The number of nitrogens with zero attached hydrogens (tertiary/aromatic N) is 3. The number of nitro benzene ring substituents is 2. The van der Waals surface area contributed by atoms with Crippen LogP contribution in [0.15, 0.2) is 47.6 Å². The number of hydrogen-bond donors (Lipinski definition) is 2. The molecule has 2 rings (SSSR count). The Hall–Kier alpha value is -4.15. The average molecular weight is 413 g/mol. The Balaban J connectivity index is 1.95. The van der Waals surface area contributed by atoms with E-state index < -0.39 is 33.5 Å². The molecular weight excluding hydrogens is 394 g/mol. The van der Waals surface area contributed by atoms with Crippen LogP contribution in [-0.4, -0.2) is 27.4 Å². The lowest BCUT2D eigenvalue weighted by Crippen LogP contribution is -2.23. The van der Waals surface area contributed by atoms with Gasteiger partial charge in [0.2, 0.25) is 11.8 Å². The van der Waals surface area contributed by atoms with E-state index in [1.165, 1.54) is 0 Å². The molecule has 0 saturated carbocycles. The van der Waals surface area contributed by atoms with Crippen LogP contribution in [0, 0.1) is 27.2 Å². The van der Waals surface area contributed by atoms with Crippen LogP contribution in [0.2, 0.25) is 0 Å². The number of benzene rings is 2. The maximum Gasteiger partial charge on any atom is 0.279 e. The van der Waals surface area contributed by atoms with Crippen molar-refractivity contribution in [3.05, 3.63) is 73.8 Å². The summed E-state index contributed by atoms with van der Waals surface area (Å²) in [6.07, 6.45) is -0.466. The van der Waals surface area contributed by atoms with Crippen LogP contribution in [0.3, 0.4) is 0 Å². The normalized spacial score (nSPS) is 10.9. The monoisotopic (exact) mass is 413 g/mol. The highest BCUT2D eigenvalue weighted by atomic mass is 16.6. The fourth-order valence-electron chi connectivity index (χ4n) is 2.47. The summed E-state index contributed by atoms with van der Waals surface area (Å²) in [6, 6.07) is 10.3. The zero-order valence-corrected chi connectivity index (χ0v) is 16.2. The highest BCUT2D eigenvalue weighted by Gasteiger charge is 2.21. The number of amides is 2. The smallest absolute Gasteiger partial charge is 0.279 e. The van der Waals surface area contributed by atoms with Crippen molar-refractivity contribution in [2.24, 2.45) is 5.10 Å². The molecule has 2 N–H and O–H groups in total. The first kappa shape index (κ1) is 22.1. The highest BCUT2D eigenvalue weighted by Crippen LogP contribution is 2.25. The van der Waals surface area contributed by atoms with Gasteiger partial charge in [0.25, 0.3) is 11.4 Å². The number of carbonyl (C=O) groups is 2. The van der Waals surface area contributed by atoms with E-state index in [4.69, 9.17) is 0 Å². The quantitative estimate of drug-likeness (QED) is 0.385. The van der Waals surface area contributed by atoms with Crippen molar-refractivity contribution in [2.75, 3.05) is 5.32 Å². The Bertz CT molecular complexity index is 1020. The first-order valence-electron chi connectivity index (χ1n) is 8.76. The van der Waals surface area contributed by atoms with E-state index in [0.29, 0.717) is 11.4 Å². The van der Waals surface area contributed by atoms with E-state index in [-0.39, 0.29) is 17.9 Å². The second-order valence-electron chi connectivity index (χ2n) is 6.48. The minimum absolute atomic E-state index is 0.00747. The third-order valence-electron chi connectivity index (χ3n) is 3.95. The minimum atomic E-state index is -0.792. The molecule has 11 nitrogen and oxygen atoms in total. The summed E-state index contributed by atoms with van der Waals surface area (Å²) in [5, 5.41) is 28.4. The third-order valence-corrected chi connectivity index (χ3v) is 3.95. The Labute approximate surface area is 171 Å². The molecule has 156 valence electrons. The molecule has 0 aromatic heterocycles. The molecule has 0 radical (unpaired) electrons. The number of carbonyl (C=O) groups excluding carboxylic acids is 2. The van der Waals surface area contributed by atoms with Crippen LogP contribution >= 0.6 is 0 Å². The summed E-state index contributed by atoms with van der Waals surface area (Å²) < 4.78 is 0. The second-order valence-corrected chi connectivity index (χ2v) is 6.48. The van der Waals surface area contributed by atoms with Gasteiger partial charge < -0.3 is 5.32 Å². The molecule has 0 unspecified atom stereocenters. The number of aryl methyl sites for hydroxylation is 1. The molecule has 0 aliphatic rings. The Morgan fingerprint density at radius 1 is 1.00 bits per heavy atom. The summed E-state index contributed by atoms with van der Waals surface area (Å²) in [5.74, 6) is -0.981. The van der Waals surface area contributed by atoms with Crippen molar-refractivity contribution in [3.8, 4) is 0 Å². The van der Waals surface area contributed by atoms with Gasteiger partial charge in [-0.15, -0.1) is 0 Å². The molecule has 0 bridgehead atoms. The minimum Gasteiger partial charge on any atom is -0.326 e. The Morgan fingerprint density at radius 3 is 2.27 bits per heavy atom. The number of non-ortho nitro benzene ring substituents is 1. The number of hydrogen-bond acceptors (Lipinski definition) is 7. The van der Waals surface area contributed by atoms with E-state index in [1.807, 2.05) is 19.1 Å². The van der Waals surface area contributed by atoms with Crippen molar-refractivity contribution < 1.29 is 19.4 Å². The lowest BCUT2D eigenvalue weighted by Gasteiger charge is -2.06. The van der Waals surface area contributed by atoms with Crippen LogP contribution in [0.1, 0.15) is 24.5 Å². The van der Waals surface area contributed by atoms with Gasteiger partial charge in [-0.25, -0.2) is 5.43 Å². The van der Waals surface area contributed by atoms with Gasteiger partial charge in [0.1, 0.15) is 0 Å².